The van der Waals surface area contributed by atoms with Crippen LogP contribution in [0.25, 0.3) is 0 Å². The molecule has 1 heterocycles. The molecule has 0 spiro atoms. The largest absolute Gasteiger partial charge is 0.312 e. The molecule has 0 amide bonds. The lowest BCUT2D eigenvalue weighted by Crippen LogP contribution is -2.53. The molecule has 0 radical (unpaired) electrons. The first-order valence-corrected chi connectivity index (χ1v) is 9.73. The Labute approximate surface area is 132 Å². The zero-order chi connectivity index (χ0) is 14.7. The molecule has 3 aliphatic rings. The van der Waals surface area contributed by atoms with Crippen molar-refractivity contribution in [2.45, 2.75) is 83.7 Å². The van der Waals surface area contributed by atoms with Crippen LogP contribution in [0, 0.1) is 17.8 Å². The maximum Gasteiger partial charge on any atom is 0.0198 e. The summed E-state index contributed by atoms with van der Waals surface area (Å²) in [6.07, 6.45) is 13.1. The molecule has 2 heteroatoms. The van der Waals surface area contributed by atoms with E-state index in [2.05, 4.69) is 24.1 Å². The van der Waals surface area contributed by atoms with E-state index in [9.17, 15) is 0 Å². The summed E-state index contributed by atoms with van der Waals surface area (Å²) in [6, 6.07) is 1.59. The van der Waals surface area contributed by atoms with Crippen LogP contribution in [0.4, 0.5) is 0 Å². The van der Waals surface area contributed by atoms with Crippen molar-refractivity contribution in [3.8, 4) is 0 Å². The Morgan fingerprint density at radius 3 is 2.43 bits per heavy atom. The zero-order valence-electron chi connectivity index (χ0n) is 14.3. The Kier molecular flexibility index (Phi) is 5.61. The second-order valence-electron chi connectivity index (χ2n) is 8.15. The molecule has 3 rings (SSSR count). The first-order chi connectivity index (χ1) is 10.3. The van der Waals surface area contributed by atoms with Crippen molar-refractivity contribution in [3.63, 3.8) is 0 Å². The summed E-state index contributed by atoms with van der Waals surface area (Å²) in [5.41, 5.74) is 0. The fourth-order valence-corrected chi connectivity index (χ4v) is 4.62. The van der Waals surface area contributed by atoms with E-state index in [1.807, 2.05) is 0 Å². The third-order valence-corrected chi connectivity index (χ3v) is 6.44. The third-order valence-electron chi connectivity index (χ3n) is 6.44. The van der Waals surface area contributed by atoms with Crippen LogP contribution in [0.5, 0.6) is 0 Å². The van der Waals surface area contributed by atoms with Crippen molar-refractivity contribution in [3.05, 3.63) is 0 Å². The van der Waals surface area contributed by atoms with Gasteiger partial charge in [0.2, 0.25) is 0 Å². The van der Waals surface area contributed by atoms with Gasteiger partial charge in [0.1, 0.15) is 0 Å². The van der Waals surface area contributed by atoms with E-state index < -0.39 is 0 Å². The van der Waals surface area contributed by atoms with Crippen LogP contribution in [-0.4, -0.2) is 36.6 Å². The molecule has 2 saturated carbocycles. The molecule has 1 N–H and O–H groups in total. The van der Waals surface area contributed by atoms with Crippen LogP contribution >= 0.6 is 0 Å². The fraction of sp³-hybridized carbons (Fsp3) is 1.00. The molecule has 3 atom stereocenters. The van der Waals surface area contributed by atoms with E-state index >= 15 is 0 Å². The fourth-order valence-electron chi connectivity index (χ4n) is 4.62. The Balaban J connectivity index is 1.48. The molecule has 3 unspecified atom stereocenters. The summed E-state index contributed by atoms with van der Waals surface area (Å²) in [4.78, 5) is 2.81. The minimum absolute atomic E-state index is 0.756. The van der Waals surface area contributed by atoms with Gasteiger partial charge in [0.15, 0.2) is 0 Å². The van der Waals surface area contributed by atoms with Gasteiger partial charge >= 0.3 is 0 Å². The zero-order valence-corrected chi connectivity index (χ0v) is 14.3. The van der Waals surface area contributed by atoms with Gasteiger partial charge in [-0.05, 0) is 63.3 Å². The van der Waals surface area contributed by atoms with Crippen molar-refractivity contribution in [2.24, 2.45) is 17.8 Å². The van der Waals surface area contributed by atoms with Crippen molar-refractivity contribution < 1.29 is 0 Å². The topological polar surface area (TPSA) is 15.3 Å². The first kappa shape index (κ1) is 15.8. The number of likely N-dealkylation sites (tertiary alicyclic amines) is 1. The highest BCUT2D eigenvalue weighted by Crippen LogP contribution is 2.37. The van der Waals surface area contributed by atoms with Gasteiger partial charge in [-0.3, -0.25) is 4.90 Å². The van der Waals surface area contributed by atoms with Crippen LogP contribution in [0.1, 0.15) is 71.6 Å². The van der Waals surface area contributed by atoms with Gasteiger partial charge in [0.05, 0.1) is 0 Å². The average molecular weight is 293 g/mol. The lowest BCUT2D eigenvalue weighted by Gasteiger charge is -2.42. The Hall–Kier alpha value is -0.0800. The quantitative estimate of drug-likeness (QED) is 0.794. The van der Waals surface area contributed by atoms with E-state index in [1.54, 1.807) is 0 Å². The van der Waals surface area contributed by atoms with Gasteiger partial charge in [0.25, 0.3) is 0 Å². The van der Waals surface area contributed by atoms with Crippen LogP contribution in [0.15, 0.2) is 0 Å². The monoisotopic (exact) mass is 292 g/mol. The number of piperidine rings is 1. The molecule has 1 aliphatic heterocycles. The molecular formula is C19H36N2. The summed E-state index contributed by atoms with van der Waals surface area (Å²) < 4.78 is 0. The lowest BCUT2D eigenvalue weighted by atomic mass is 9.87. The number of nitrogens with one attached hydrogen (secondary N) is 1. The maximum atomic E-state index is 3.96. The molecular weight excluding hydrogens is 256 g/mol. The predicted molar refractivity (Wildman–Crippen MR) is 90.5 cm³/mol. The highest BCUT2D eigenvalue weighted by molar-refractivity contribution is 4.91. The molecule has 2 nitrogen and oxygen atoms in total. The van der Waals surface area contributed by atoms with Crippen LogP contribution < -0.4 is 5.32 Å². The molecule has 0 aromatic rings. The molecule has 0 aromatic heterocycles. The lowest BCUT2D eigenvalue weighted by molar-refractivity contribution is 0.0904. The number of nitrogens with zero attached hydrogens (tertiary/aromatic N) is 1. The standard InChI is InChI=1S/C19H36N2/c1-3-16-11-19(20-12-17-7-5-4-6-8-17)14-21(13-16)15(2)18-9-10-18/h15-20H,3-14H2,1-2H3. The predicted octanol–water partition coefficient (Wildman–Crippen LogP) is 4.06. The highest BCUT2D eigenvalue weighted by atomic mass is 15.2. The number of hydrogen-bond acceptors (Lipinski definition) is 2. The van der Waals surface area contributed by atoms with E-state index in [4.69, 9.17) is 0 Å². The molecule has 2 aliphatic carbocycles. The van der Waals surface area contributed by atoms with Crippen molar-refractivity contribution in [1.29, 1.82) is 0 Å². The van der Waals surface area contributed by atoms with Gasteiger partial charge in [0, 0.05) is 25.2 Å². The smallest absolute Gasteiger partial charge is 0.0198 e. The normalized spacial score (nSPS) is 34.0. The minimum atomic E-state index is 0.756. The SMILES string of the molecule is CCC1CC(NCC2CCCCC2)CN(C(C)C2CC2)C1. The Morgan fingerprint density at radius 1 is 1.00 bits per heavy atom. The van der Waals surface area contributed by atoms with Gasteiger partial charge in [-0.15, -0.1) is 0 Å². The molecule has 0 aromatic carbocycles. The summed E-state index contributed by atoms with van der Waals surface area (Å²) in [7, 11) is 0. The summed E-state index contributed by atoms with van der Waals surface area (Å²) in [5, 5.41) is 3.96. The van der Waals surface area contributed by atoms with Gasteiger partial charge in [-0.2, -0.15) is 0 Å². The van der Waals surface area contributed by atoms with Crippen molar-refractivity contribution >= 4 is 0 Å². The van der Waals surface area contributed by atoms with E-state index in [0.29, 0.717) is 0 Å². The van der Waals surface area contributed by atoms with Crippen LogP contribution in [0.3, 0.4) is 0 Å². The summed E-state index contributed by atoms with van der Waals surface area (Å²) in [5.74, 6) is 2.90. The Morgan fingerprint density at radius 2 is 1.76 bits per heavy atom. The van der Waals surface area contributed by atoms with Crippen LogP contribution in [-0.2, 0) is 0 Å². The third kappa shape index (κ3) is 4.45. The van der Waals surface area contributed by atoms with Crippen molar-refractivity contribution in [2.75, 3.05) is 19.6 Å². The molecule has 21 heavy (non-hydrogen) atoms. The number of rotatable bonds is 6. The average Bonchev–Trinajstić information content (AvgIpc) is 3.37. The van der Waals surface area contributed by atoms with Crippen molar-refractivity contribution in [1.82, 2.24) is 10.2 Å². The Bertz CT molecular complexity index is 307. The second kappa shape index (κ2) is 7.46. The second-order valence-corrected chi connectivity index (χ2v) is 8.15. The van der Waals surface area contributed by atoms with Gasteiger partial charge in [-0.25, -0.2) is 0 Å². The summed E-state index contributed by atoms with van der Waals surface area (Å²) >= 11 is 0. The molecule has 122 valence electrons. The van der Waals surface area contributed by atoms with Gasteiger partial charge < -0.3 is 5.32 Å². The van der Waals surface area contributed by atoms with E-state index in [1.165, 1.54) is 77.4 Å². The molecule has 3 fully saturated rings. The first-order valence-electron chi connectivity index (χ1n) is 9.73. The highest BCUT2D eigenvalue weighted by Gasteiger charge is 2.36. The molecule has 1 saturated heterocycles. The van der Waals surface area contributed by atoms with E-state index in [0.717, 1.165) is 29.8 Å². The van der Waals surface area contributed by atoms with Gasteiger partial charge in [-0.1, -0.05) is 32.6 Å². The molecule has 0 bridgehead atoms. The summed E-state index contributed by atoms with van der Waals surface area (Å²) in [6.45, 7) is 8.81. The minimum Gasteiger partial charge on any atom is -0.312 e. The number of hydrogen-bond donors (Lipinski definition) is 1. The van der Waals surface area contributed by atoms with Crippen LogP contribution in [0.2, 0.25) is 0 Å². The maximum absolute atomic E-state index is 3.96. The van der Waals surface area contributed by atoms with E-state index in [-0.39, 0.29) is 0 Å².